The Labute approximate surface area is 176 Å². The van der Waals surface area contributed by atoms with Crippen molar-refractivity contribution in [2.45, 2.75) is 18.6 Å². The van der Waals surface area contributed by atoms with Crippen LogP contribution in [0.5, 0.6) is 0 Å². The minimum absolute atomic E-state index is 0.163. The van der Waals surface area contributed by atoms with E-state index in [1.54, 1.807) is 12.3 Å². The van der Waals surface area contributed by atoms with E-state index in [-0.39, 0.29) is 24.6 Å². The first-order valence-corrected chi connectivity index (χ1v) is 10.7. The van der Waals surface area contributed by atoms with E-state index in [1.807, 2.05) is 47.8 Å². The Morgan fingerprint density at radius 3 is 2.73 bits per heavy atom. The summed E-state index contributed by atoms with van der Waals surface area (Å²) >= 11 is 1.48. The highest BCUT2D eigenvalue weighted by molar-refractivity contribution is 7.18. The minimum atomic E-state index is -0.667. The van der Waals surface area contributed by atoms with E-state index in [2.05, 4.69) is 0 Å². The molecule has 1 aliphatic heterocycles. The summed E-state index contributed by atoms with van der Waals surface area (Å²) in [6, 6.07) is 14.3. The second-order valence-corrected chi connectivity index (χ2v) is 8.48. The first-order chi connectivity index (χ1) is 14.6. The Balaban J connectivity index is 1.81. The number of aliphatic hydroxyl groups excluding tert-OH is 2. The van der Waals surface area contributed by atoms with Gasteiger partial charge in [0.1, 0.15) is 0 Å². The van der Waals surface area contributed by atoms with Crippen molar-refractivity contribution >= 4 is 32.8 Å². The Kier molecular flexibility index (Phi) is 4.66. The van der Waals surface area contributed by atoms with E-state index < -0.39 is 12.1 Å². The molecule has 4 heterocycles. The first kappa shape index (κ1) is 19.0. The molecule has 6 nitrogen and oxygen atoms in total. The molecule has 2 unspecified atom stereocenters. The van der Waals surface area contributed by atoms with E-state index in [1.165, 1.54) is 20.6 Å². The molecule has 152 valence electrons. The van der Waals surface area contributed by atoms with Crippen molar-refractivity contribution in [1.29, 1.82) is 0 Å². The fraction of sp³-hybridized carbons (Fsp3) is 0.217. The zero-order chi connectivity index (χ0) is 20.8. The number of benzene rings is 1. The molecule has 5 rings (SSSR count). The van der Waals surface area contributed by atoms with Gasteiger partial charge in [0.25, 0.3) is 11.5 Å². The van der Waals surface area contributed by atoms with Gasteiger partial charge in [-0.05, 0) is 40.9 Å². The maximum Gasteiger partial charge on any atom is 0.263 e. The molecule has 1 aliphatic rings. The highest BCUT2D eigenvalue weighted by Crippen LogP contribution is 2.31. The van der Waals surface area contributed by atoms with Gasteiger partial charge in [-0.15, -0.1) is 11.3 Å². The molecule has 4 aromatic rings. The standard InChI is InChI=1S/C23H20N2O4S/c26-13-16-10-17(27)12-25(16)23(29)19-11-18(14-4-2-1-3-5-14)22(28)24-8-6-15-7-9-30-21(15)20(19)24/h1-9,11,16-17,26-27H,10,12-13H2. The van der Waals surface area contributed by atoms with Crippen molar-refractivity contribution in [2.75, 3.05) is 13.2 Å². The predicted octanol–water partition coefficient (Wildman–Crippen LogP) is 2.75. The van der Waals surface area contributed by atoms with Crippen LogP contribution in [0.25, 0.3) is 26.7 Å². The quantitative estimate of drug-likeness (QED) is 0.534. The molecule has 0 saturated carbocycles. The van der Waals surface area contributed by atoms with Gasteiger partial charge in [0.2, 0.25) is 0 Å². The summed E-state index contributed by atoms with van der Waals surface area (Å²) in [7, 11) is 0. The second kappa shape index (κ2) is 7.36. The summed E-state index contributed by atoms with van der Waals surface area (Å²) in [5.41, 5.74) is 1.94. The monoisotopic (exact) mass is 420 g/mol. The number of hydrogen-bond donors (Lipinski definition) is 2. The topological polar surface area (TPSA) is 82.2 Å². The van der Waals surface area contributed by atoms with Crippen LogP contribution in [-0.2, 0) is 0 Å². The van der Waals surface area contributed by atoms with Crippen molar-refractivity contribution in [3.8, 4) is 11.1 Å². The molecular weight excluding hydrogens is 400 g/mol. The van der Waals surface area contributed by atoms with Crippen LogP contribution in [-0.4, -0.2) is 50.7 Å². The van der Waals surface area contributed by atoms with Crippen molar-refractivity contribution < 1.29 is 15.0 Å². The summed E-state index contributed by atoms with van der Waals surface area (Å²) in [6.07, 6.45) is 1.38. The van der Waals surface area contributed by atoms with Gasteiger partial charge in [0.05, 0.1) is 34.5 Å². The largest absolute Gasteiger partial charge is 0.394 e. The molecule has 1 fully saturated rings. The number of thiophene rings is 1. The highest BCUT2D eigenvalue weighted by Gasteiger charge is 2.35. The number of β-amino-alcohol motifs (C(OH)–C–C–N with tert-alkyl or cyclic N) is 1. The molecular formula is C23H20N2O4S. The number of carbonyl (C=O) groups excluding carboxylic acids is 1. The van der Waals surface area contributed by atoms with Crippen molar-refractivity contribution in [3.63, 3.8) is 0 Å². The van der Waals surface area contributed by atoms with Gasteiger partial charge in [-0.3, -0.25) is 14.0 Å². The summed E-state index contributed by atoms with van der Waals surface area (Å²) in [5, 5.41) is 22.7. The second-order valence-electron chi connectivity index (χ2n) is 7.57. The molecule has 2 atom stereocenters. The van der Waals surface area contributed by atoms with Crippen molar-refractivity contribution in [1.82, 2.24) is 9.30 Å². The number of nitrogens with zero attached hydrogens (tertiary/aromatic N) is 2. The molecule has 3 aromatic heterocycles. The zero-order valence-corrected chi connectivity index (χ0v) is 16.9. The fourth-order valence-corrected chi connectivity index (χ4v) is 5.21. The molecule has 1 saturated heterocycles. The number of pyridine rings is 2. The molecule has 0 spiro atoms. The van der Waals surface area contributed by atoms with Crippen molar-refractivity contribution in [2.24, 2.45) is 0 Å². The van der Waals surface area contributed by atoms with Gasteiger partial charge in [-0.1, -0.05) is 30.3 Å². The molecule has 1 aromatic carbocycles. The van der Waals surface area contributed by atoms with E-state index in [0.717, 1.165) is 15.6 Å². The smallest absolute Gasteiger partial charge is 0.263 e. The zero-order valence-electron chi connectivity index (χ0n) is 16.1. The summed E-state index contributed by atoms with van der Waals surface area (Å²) in [4.78, 5) is 28.5. The third-order valence-electron chi connectivity index (χ3n) is 5.73. The summed E-state index contributed by atoms with van der Waals surface area (Å²) in [5.74, 6) is -0.291. The van der Waals surface area contributed by atoms with Crippen LogP contribution in [0.15, 0.2) is 64.9 Å². The normalized spacial score (nSPS) is 19.1. The van der Waals surface area contributed by atoms with Gasteiger partial charge in [-0.25, -0.2) is 0 Å². The van der Waals surface area contributed by atoms with Gasteiger partial charge in [0.15, 0.2) is 0 Å². The van der Waals surface area contributed by atoms with Gasteiger partial charge < -0.3 is 15.1 Å². The third-order valence-corrected chi connectivity index (χ3v) is 6.66. The average molecular weight is 420 g/mol. The maximum absolute atomic E-state index is 13.6. The number of amides is 1. The lowest BCUT2D eigenvalue weighted by Gasteiger charge is -2.24. The summed E-state index contributed by atoms with van der Waals surface area (Å²) in [6.45, 7) is -0.0517. The Bertz CT molecular complexity index is 1310. The van der Waals surface area contributed by atoms with Crippen LogP contribution in [0, 0.1) is 0 Å². The Morgan fingerprint density at radius 2 is 1.97 bits per heavy atom. The van der Waals surface area contributed by atoms with E-state index in [9.17, 15) is 19.8 Å². The minimum Gasteiger partial charge on any atom is -0.394 e. The predicted molar refractivity (Wildman–Crippen MR) is 117 cm³/mol. The number of aromatic nitrogens is 1. The SMILES string of the molecule is O=C(c1cc(-c2ccccc2)c(=O)n2ccc3ccsc3c12)N1CC(O)CC1CO. The number of hydrogen-bond acceptors (Lipinski definition) is 5. The molecule has 30 heavy (non-hydrogen) atoms. The lowest BCUT2D eigenvalue weighted by atomic mass is 10.0. The number of carbonyl (C=O) groups is 1. The lowest BCUT2D eigenvalue weighted by molar-refractivity contribution is 0.0666. The fourth-order valence-electron chi connectivity index (χ4n) is 4.26. The highest BCUT2D eigenvalue weighted by atomic mass is 32.1. The van der Waals surface area contributed by atoms with E-state index >= 15 is 0 Å². The molecule has 1 amide bonds. The van der Waals surface area contributed by atoms with Crippen LogP contribution in [0.3, 0.4) is 0 Å². The summed E-state index contributed by atoms with van der Waals surface area (Å²) < 4.78 is 2.40. The van der Waals surface area contributed by atoms with Crippen LogP contribution in [0.2, 0.25) is 0 Å². The van der Waals surface area contributed by atoms with Crippen LogP contribution < -0.4 is 5.56 Å². The number of aliphatic hydroxyl groups is 2. The van der Waals surface area contributed by atoms with E-state index in [4.69, 9.17) is 0 Å². The Morgan fingerprint density at radius 1 is 1.17 bits per heavy atom. The first-order valence-electron chi connectivity index (χ1n) is 9.79. The van der Waals surface area contributed by atoms with Gasteiger partial charge in [0, 0.05) is 18.3 Å². The van der Waals surface area contributed by atoms with Crippen LogP contribution in [0.1, 0.15) is 16.8 Å². The number of likely N-dealkylation sites (tertiary alicyclic amines) is 1. The molecule has 0 radical (unpaired) electrons. The average Bonchev–Trinajstić information content (AvgIpc) is 3.40. The third kappa shape index (κ3) is 2.94. The van der Waals surface area contributed by atoms with E-state index in [0.29, 0.717) is 23.1 Å². The molecule has 7 heteroatoms. The molecule has 0 aliphatic carbocycles. The van der Waals surface area contributed by atoms with Gasteiger partial charge >= 0.3 is 0 Å². The van der Waals surface area contributed by atoms with Crippen LogP contribution in [0.4, 0.5) is 0 Å². The molecule has 2 N–H and O–H groups in total. The number of fused-ring (bicyclic) bond motifs is 3. The van der Waals surface area contributed by atoms with Crippen molar-refractivity contribution in [3.05, 3.63) is 76.0 Å². The Hall–Kier alpha value is -3.00. The lowest BCUT2D eigenvalue weighted by Crippen LogP contribution is -2.38. The molecule has 0 bridgehead atoms. The maximum atomic E-state index is 13.6. The number of rotatable bonds is 3. The van der Waals surface area contributed by atoms with Gasteiger partial charge in [-0.2, -0.15) is 0 Å². The van der Waals surface area contributed by atoms with Crippen LogP contribution >= 0.6 is 11.3 Å².